The Balaban J connectivity index is 3.63. The van der Waals surface area contributed by atoms with Crippen LogP contribution in [-0.2, 0) is 10.0 Å². The van der Waals surface area contributed by atoms with E-state index in [0.29, 0.717) is 6.54 Å². The first-order valence-electron chi connectivity index (χ1n) is 4.05. The Labute approximate surface area is 88.5 Å². The van der Waals surface area contributed by atoms with Gasteiger partial charge in [-0.1, -0.05) is 22.6 Å². The fourth-order valence-corrected chi connectivity index (χ4v) is 1.90. The van der Waals surface area contributed by atoms with Crippen LogP contribution < -0.4 is 4.72 Å². The van der Waals surface area contributed by atoms with Crippen molar-refractivity contribution in [3.05, 3.63) is 0 Å². The molecule has 0 unspecified atom stereocenters. The second-order valence-corrected chi connectivity index (χ2v) is 6.28. The van der Waals surface area contributed by atoms with E-state index in [9.17, 15) is 8.42 Å². The number of nitrogens with one attached hydrogen (secondary N) is 1. The molecule has 0 atom stereocenters. The summed E-state index contributed by atoms with van der Waals surface area (Å²) in [5.74, 6) is 0. The highest BCUT2D eigenvalue weighted by molar-refractivity contribution is 14.1. The zero-order valence-electron chi connectivity index (χ0n) is 7.51. The van der Waals surface area contributed by atoms with Gasteiger partial charge < -0.3 is 0 Å². The minimum atomic E-state index is -3.03. The van der Waals surface area contributed by atoms with Crippen molar-refractivity contribution in [2.45, 2.75) is 31.9 Å². The topological polar surface area (TPSA) is 46.2 Å². The van der Waals surface area contributed by atoms with Gasteiger partial charge in [0.05, 0.1) is 5.25 Å². The maximum atomic E-state index is 11.2. The molecule has 0 aliphatic carbocycles. The number of rotatable bonds is 6. The third-order valence-electron chi connectivity index (χ3n) is 1.48. The molecule has 0 aromatic rings. The maximum absolute atomic E-state index is 11.2. The monoisotopic (exact) mass is 305 g/mol. The lowest BCUT2D eigenvalue weighted by Gasteiger charge is -2.08. The number of hydrogen-bond donors (Lipinski definition) is 1. The molecule has 0 aliphatic rings. The smallest absolute Gasteiger partial charge is 0.213 e. The van der Waals surface area contributed by atoms with Crippen LogP contribution in [0.15, 0.2) is 0 Å². The molecule has 0 saturated heterocycles. The van der Waals surface area contributed by atoms with E-state index in [1.807, 2.05) is 0 Å². The minimum absolute atomic E-state index is 0.322. The van der Waals surface area contributed by atoms with Crippen LogP contribution in [0.4, 0.5) is 0 Å². The van der Waals surface area contributed by atoms with Crippen LogP contribution in [-0.4, -0.2) is 24.6 Å². The molecule has 0 bridgehead atoms. The van der Waals surface area contributed by atoms with E-state index in [1.165, 1.54) is 0 Å². The molecule has 1 N–H and O–H groups in total. The van der Waals surface area contributed by atoms with Gasteiger partial charge in [0, 0.05) is 6.54 Å². The molecule has 0 amide bonds. The van der Waals surface area contributed by atoms with Crippen LogP contribution in [0, 0.1) is 0 Å². The number of hydrogen-bond acceptors (Lipinski definition) is 2. The first kappa shape index (κ1) is 12.6. The molecule has 0 aromatic carbocycles. The molecular formula is C7H16INO2S. The maximum Gasteiger partial charge on any atom is 0.213 e. The molecule has 5 heteroatoms. The van der Waals surface area contributed by atoms with E-state index in [2.05, 4.69) is 27.3 Å². The lowest BCUT2D eigenvalue weighted by atomic mass is 10.3. The van der Waals surface area contributed by atoms with Crippen LogP contribution in [0.5, 0.6) is 0 Å². The average molecular weight is 305 g/mol. The molecular weight excluding hydrogens is 289 g/mol. The fraction of sp³-hybridized carbons (Fsp3) is 1.00. The van der Waals surface area contributed by atoms with Gasteiger partial charge >= 0.3 is 0 Å². The van der Waals surface area contributed by atoms with Crippen LogP contribution >= 0.6 is 22.6 Å². The highest BCUT2D eigenvalue weighted by atomic mass is 127. The molecule has 0 radical (unpaired) electrons. The van der Waals surface area contributed by atoms with Crippen LogP contribution in [0.1, 0.15) is 26.7 Å². The predicted molar refractivity (Wildman–Crippen MR) is 60.2 cm³/mol. The zero-order valence-corrected chi connectivity index (χ0v) is 10.5. The SMILES string of the molecule is CC(C)S(=O)(=O)NCCCCI. The van der Waals surface area contributed by atoms with Gasteiger partial charge in [-0.2, -0.15) is 0 Å². The van der Waals surface area contributed by atoms with Crippen molar-refractivity contribution < 1.29 is 8.42 Å². The quantitative estimate of drug-likeness (QED) is 0.459. The van der Waals surface area contributed by atoms with Crippen molar-refractivity contribution in [2.24, 2.45) is 0 Å². The molecule has 0 heterocycles. The Morgan fingerprint density at radius 1 is 1.33 bits per heavy atom. The highest BCUT2D eigenvalue weighted by Gasteiger charge is 2.13. The Hall–Kier alpha value is 0.640. The summed E-state index contributed by atoms with van der Waals surface area (Å²) in [5.41, 5.74) is 0. The molecule has 0 aliphatic heterocycles. The van der Waals surface area contributed by atoms with Gasteiger partial charge in [0.1, 0.15) is 0 Å². The molecule has 12 heavy (non-hydrogen) atoms. The molecule has 0 spiro atoms. The van der Waals surface area contributed by atoms with E-state index in [-0.39, 0.29) is 5.25 Å². The minimum Gasteiger partial charge on any atom is -0.215 e. The average Bonchev–Trinajstić information content (AvgIpc) is 1.98. The van der Waals surface area contributed by atoms with E-state index in [0.717, 1.165) is 17.3 Å². The summed E-state index contributed by atoms with van der Waals surface area (Å²) in [6.45, 7) is 3.94. The summed E-state index contributed by atoms with van der Waals surface area (Å²) in [6.07, 6.45) is 2.00. The lowest BCUT2D eigenvalue weighted by Crippen LogP contribution is -2.31. The number of alkyl halides is 1. The number of halogens is 1. The van der Waals surface area contributed by atoms with Gasteiger partial charge in [-0.15, -0.1) is 0 Å². The highest BCUT2D eigenvalue weighted by Crippen LogP contribution is 1.97. The molecule has 0 aromatic heterocycles. The normalized spacial score (nSPS) is 12.3. The predicted octanol–water partition coefficient (Wildman–Crippen LogP) is 1.53. The first-order valence-corrected chi connectivity index (χ1v) is 7.12. The molecule has 0 rings (SSSR count). The van der Waals surface area contributed by atoms with Crippen LogP contribution in [0.25, 0.3) is 0 Å². The van der Waals surface area contributed by atoms with Crippen LogP contribution in [0.3, 0.4) is 0 Å². The second kappa shape index (κ2) is 6.15. The summed E-state index contributed by atoms with van der Waals surface area (Å²) in [4.78, 5) is 0. The Bertz CT molecular complexity index is 201. The summed E-state index contributed by atoms with van der Waals surface area (Å²) >= 11 is 2.28. The third kappa shape index (κ3) is 5.31. The van der Waals surface area contributed by atoms with Gasteiger partial charge in [-0.05, 0) is 31.1 Å². The second-order valence-electron chi connectivity index (χ2n) is 2.88. The van der Waals surface area contributed by atoms with Gasteiger partial charge in [0.25, 0.3) is 0 Å². The van der Waals surface area contributed by atoms with Gasteiger partial charge in [-0.3, -0.25) is 0 Å². The summed E-state index contributed by atoms with van der Waals surface area (Å²) < 4.78 is 26.0. The Morgan fingerprint density at radius 3 is 2.33 bits per heavy atom. The molecule has 0 saturated carbocycles. The first-order chi connectivity index (χ1) is 5.50. The molecule has 0 fully saturated rings. The van der Waals surface area contributed by atoms with Gasteiger partial charge in [0.2, 0.25) is 10.0 Å². The van der Waals surface area contributed by atoms with Crippen molar-refractivity contribution in [1.82, 2.24) is 4.72 Å². The van der Waals surface area contributed by atoms with E-state index < -0.39 is 10.0 Å². The third-order valence-corrected chi connectivity index (χ3v) is 4.09. The van der Waals surface area contributed by atoms with Gasteiger partial charge in [0.15, 0.2) is 0 Å². The van der Waals surface area contributed by atoms with Crippen molar-refractivity contribution in [3.63, 3.8) is 0 Å². The summed E-state index contributed by atoms with van der Waals surface area (Å²) in [5, 5.41) is -0.322. The largest absolute Gasteiger partial charge is 0.215 e. The zero-order chi connectivity index (χ0) is 9.61. The van der Waals surface area contributed by atoms with E-state index in [1.54, 1.807) is 13.8 Å². The molecule has 74 valence electrons. The van der Waals surface area contributed by atoms with Crippen molar-refractivity contribution in [2.75, 3.05) is 11.0 Å². The molecule has 3 nitrogen and oxygen atoms in total. The summed E-state index contributed by atoms with van der Waals surface area (Å²) in [7, 11) is -3.03. The Morgan fingerprint density at radius 2 is 1.92 bits per heavy atom. The van der Waals surface area contributed by atoms with E-state index >= 15 is 0 Å². The van der Waals surface area contributed by atoms with Gasteiger partial charge in [-0.25, -0.2) is 13.1 Å². The van der Waals surface area contributed by atoms with Crippen LogP contribution in [0.2, 0.25) is 0 Å². The standard InChI is InChI=1S/C7H16INO2S/c1-7(2)12(10,11)9-6-4-3-5-8/h7,9H,3-6H2,1-2H3. The summed E-state index contributed by atoms with van der Waals surface area (Å²) in [6, 6.07) is 0. The van der Waals surface area contributed by atoms with Crippen molar-refractivity contribution >= 4 is 32.6 Å². The van der Waals surface area contributed by atoms with Crippen molar-refractivity contribution in [1.29, 1.82) is 0 Å². The lowest BCUT2D eigenvalue weighted by molar-refractivity contribution is 0.569. The van der Waals surface area contributed by atoms with Crippen molar-refractivity contribution in [3.8, 4) is 0 Å². The van der Waals surface area contributed by atoms with E-state index in [4.69, 9.17) is 0 Å². The fourth-order valence-electron chi connectivity index (χ4n) is 0.601. The number of sulfonamides is 1. The number of unbranched alkanes of at least 4 members (excludes halogenated alkanes) is 1. The Kier molecular flexibility index (Phi) is 6.48.